The van der Waals surface area contributed by atoms with Crippen LogP contribution in [-0.4, -0.2) is 22.5 Å². The third-order valence-corrected chi connectivity index (χ3v) is 5.23. The van der Waals surface area contributed by atoms with Crippen molar-refractivity contribution in [3.05, 3.63) is 55.2 Å². The smallest absolute Gasteiger partial charge is 0.344 e. The van der Waals surface area contributed by atoms with Crippen LogP contribution in [0, 0.1) is 0 Å². The van der Waals surface area contributed by atoms with Gasteiger partial charge in [-0.3, -0.25) is 4.79 Å². The van der Waals surface area contributed by atoms with Crippen molar-refractivity contribution in [2.75, 3.05) is 6.61 Å². The zero-order valence-corrected chi connectivity index (χ0v) is 15.2. The summed E-state index contributed by atoms with van der Waals surface area (Å²) in [5, 5.41) is 0.415. The Bertz CT molecular complexity index is 946. The molecule has 0 atom stereocenters. The highest BCUT2D eigenvalue weighted by Crippen LogP contribution is 2.29. The molecule has 0 aliphatic carbocycles. The molecule has 7 heteroatoms. The molecular formula is C16H12Br2N2O3. The molecule has 0 aliphatic rings. The number of halogens is 2. The first-order valence-electron chi connectivity index (χ1n) is 6.88. The summed E-state index contributed by atoms with van der Waals surface area (Å²) in [6.45, 7) is 1.90. The molecule has 0 amide bonds. The number of hydrogen-bond donors (Lipinski definition) is 2. The maximum absolute atomic E-state index is 12.9. The summed E-state index contributed by atoms with van der Waals surface area (Å²) < 4.78 is 6.60. The lowest BCUT2D eigenvalue weighted by Crippen LogP contribution is -2.20. The number of pyridine rings is 1. The van der Waals surface area contributed by atoms with Crippen LogP contribution in [0.4, 0.5) is 0 Å². The van der Waals surface area contributed by atoms with Crippen LogP contribution in [0.1, 0.15) is 17.3 Å². The molecule has 3 rings (SSSR count). The molecule has 0 radical (unpaired) electrons. The van der Waals surface area contributed by atoms with Crippen molar-refractivity contribution in [3.63, 3.8) is 0 Å². The minimum Gasteiger partial charge on any atom is -0.462 e. The van der Waals surface area contributed by atoms with E-state index in [4.69, 9.17) is 4.74 Å². The highest BCUT2D eigenvalue weighted by Gasteiger charge is 2.22. The third-order valence-electron chi connectivity index (χ3n) is 3.39. The van der Waals surface area contributed by atoms with E-state index in [1.807, 2.05) is 0 Å². The lowest BCUT2D eigenvalue weighted by molar-refractivity contribution is 0.0525. The fourth-order valence-corrected chi connectivity index (χ4v) is 3.06. The fraction of sp³-hybridized carbons (Fsp3) is 0.125. The van der Waals surface area contributed by atoms with Crippen LogP contribution in [0.3, 0.4) is 0 Å². The summed E-state index contributed by atoms with van der Waals surface area (Å²) >= 11 is 6.80. The lowest BCUT2D eigenvalue weighted by atomic mass is 10.1. The zero-order valence-electron chi connectivity index (χ0n) is 12.1. The summed E-state index contributed by atoms with van der Waals surface area (Å²) in [5.74, 6) is -0.640. The number of benzene rings is 1. The van der Waals surface area contributed by atoms with Crippen molar-refractivity contribution in [1.29, 1.82) is 0 Å². The number of rotatable bonds is 3. The second-order valence-corrected chi connectivity index (χ2v) is 6.53. The first-order chi connectivity index (χ1) is 11.0. The Kier molecular flexibility index (Phi) is 4.41. The Balaban J connectivity index is 2.39. The van der Waals surface area contributed by atoms with E-state index in [1.54, 1.807) is 37.4 Å². The number of nitrogens with one attached hydrogen (secondary N) is 2. The van der Waals surface area contributed by atoms with Gasteiger partial charge in [-0.25, -0.2) is 4.79 Å². The average Bonchev–Trinajstić information content (AvgIpc) is 3.03. The van der Waals surface area contributed by atoms with Crippen molar-refractivity contribution in [1.82, 2.24) is 9.97 Å². The van der Waals surface area contributed by atoms with Gasteiger partial charge in [0, 0.05) is 20.5 Å². The lowest BCUT2D eigenvalue weighted by Gasteiger charge is -2.10. The maximum Gasteiger partial charge on any atom is 0.344 e. The SMILES string of the molecule is CCOC(=O)c1c(-c2ccc[nH]2)[nH]c2cc(Br)c(Br)cc2c1=O. The Morgan fingerprint density at radius 2 is 2.00 bits per heavy atom. The number of fused-ring (bicyclic) bond motifs is 1. The molecule has 0 spiro atoms. The molecule has 5 nitrogen and oxygen atoms in total. The Morgan fingerprint density at radius 1 is 1.26 bits per heavy atom. The van der Waals surface area contributed by atoms with Crippen molar-refractivity contribution in [3.8, 4) is 11.4 Å². The molecule has 0 saturated carbocycles. The quantitative estimate of drug-likeness (QED) is 0.599. The van der Waals surface area contributed by atoms with E-state index < -0.39 is 5.97 Å². The predicted octanol–water partition coefficient (Wildman–Crippen LogP) is 4.22. The summed E-state index contributed by atoms with van der Waals surface area (Å²) in [6.07, 6.45) is 1.73. The van der Waals surface area contributed by atoms with Crippen LogP contribution in [-0.2, 0) is 4.74 Å². The van der Waals surface area contributed by atoms with E-state index in [0.29, 0.717) is 22.3 Å². The number of ether oxygens (including phenoxy) is 1. The summed E-state index contributed by atoms with van der Waals surface area (Å²) in [4.78, 5) is 31.3. The Morgan fingerprint density at radius 3 is 2.65 bits per heavy atom. The summed E-state index contributed by atoms with van der Waals surface area (Å²) in [5.41, 5.74) is 1.32. The molecule has 2 aromatic heterocycles. The minimum atomic E-state index is -0.640. The van der Waals surface area contributed by atoms with Gasteiger partial charge in [-0.2, -0.15) is 0 Å². The normalized spacial score (nSPS) is 10.9. The van der Waals surface area contributed by atoms with Crippen molar-refractivity contribution < 1.29 is 9.53 Å². The Hall–Kier alpha value is -1.86. The van der Waals surface area contributed by atoms with E-state index >= 15 is 0 Å². The van der Waals surface area contributed by atoms with Gasteiger partial charge in [0.2, 0.25) is 5.43 Å². The van der Waals surface area contributed by atoms with Gasteiger partial charge in [0.05, 0.1) is 23.5 Å². The van der Waals surface area contributed by atoms with Gasteiger partial charge in [-0.15, -0.1) is 0 Å². The fourth-order valence-electron chi connectivity index (χ4n) is 2.37. The number of aromatic amines is 2. The zero-order chi connectivity index (χ0) is 16.6. The van der Waals surface area contributed by atoms with Gasteiger partial charge in [-0.1, -0.05) is 0 Å². The highest BCUT2D eigenvalue weighted by molar-refractivity contribution is 9.13. The molecule has 0 aliphatic heterocycles. The molecule has 3 aromatic rings. The van der Waals surface area contributed by atoms with Crippen LogP contribution < -0.4 is 5.43 Å². The number of carbonyl (C=O) groups is 1. The van der Waals surface area contributed by atoms with Gasteiger partial charge >= 0.3 is 5.97 Å². The van der Waals surface area contributed by atoms with Gasteiger partial charge in [-0.05, 0) is 63.0 Å². The second kappa shape index (κ2) is 6.33. The minimum absolute atomic E-state index is 0.00368. The van der Waals surface area contributed by atoms with Crippen LogP contribution in [0.15, 0.2) is 44.2 Å². The monoisotopic (exact) mass is 438 g/mol. The molecule has 23 heavy (non-hydrogen) atoms. The number of hydrogen-bond acceptors (Lipinski definition) is 3. The number of aromatic nitrogens is 2. The van der Waals surface area contributed by atoms with E-state index in [-0.39, 0.29) is 17.6 Å². The molecule has 1 aromatic carbocycles. The molecular weight excluding hydrogens is 428 g/mol. The van der Waals surface area contributed by atoms with Crippen LogP contribution in [0.5, 0.6) is 0 Å². The van der Waals surface area contributed by atoms with E-state index in [1.165, 1.54) is 0 Å². The standard InChI is InChI=1S/C16H12Br2N2O3/c1-2-23-16(22)13-14(11-4-3-5-19-11)20-12-7-10(18)9(17)6-8(12)15(13)21/h3-7,19H,2H2,1H3,(H,20,21). The van der Waals surface area contributed by atoms with Crippen LogP contribution >= 0.6 is 31.9 Å². The summed E-state index contributed by atoms with van der Waals surface area (Å²) in [7, 11) is 0. The van der Waals surface area contributed by atoms with Gasteiger partial charge in [0.25, 0.3) is 0 Å². The van der Waals surface area contributed by atoms with Gasteiger partial charge in [0.1, 0.15) is 5.56 Å². The topological polar surface area (TPSA) is 75.0 Å². The third kappa shape index (κ3) is 2.86. The molecule has 0 saturated heterocycles. The van der Waals surface area contributed by atoms with E-state index in [9.17, 15) is 9.59 Å². The van der Waals surface area contributed by atoms with Crippen molar-refractivity contribution in [2.24, 2.45) is 0 Å². The van der Waals surface area contributed by atoms with Crippen molar-refractivity contribution >= 4 is 48.7 Å². The van der Waals surface area contributed by atoms with Gasteiger partial charge < -0.3 is 14.7 Å². The van der Waals surface area contributed by atoms with Crippen molar-refractivity contribution in [2.45, 2.75) is 6.92 Å². The molecule has 0 unspecified atom stereocenters. The van der Waals surface area contributed by atoms with Crippen LogP contribution in [0.25, 0.3) is 22.3 Å². The number of carbonyl (C=O) groups excluding carboxylic acids is 1. The largest absolute Gasteiger partial charge is 0.462 e. The highest BCUT2D eigenvalue weighted by atomic mass is 79.9. The molecule has 0 fully saturated rings. The van der Waals surface area contributed by atoms with Crippen LogP contribution in [0.2, 0.25) is 0 Å². The second-order valence-electron chi connectivity index (χ2n) is 4.82. The molecule has 2 N–H and O–H groups in total. The van der Waals surface area contributed by atoms with E-state index in [0.717, 1.165) is 8.95 Å². The molecule has 2 heterocycles. The maximum atomic E-state index is 12.9. The summed E-state index contributed by atoms with van der Waals surface area (Å²) in [6, 6.07) is 7.06. The average molecular weight is 440 g/mol. The number of esters is 1. The molecule has 118 valence electrons. The predicted molar refractivity (Wildman–Crippen MR) is 95.7 cm³/mol. The van der Waals surface area contributed by atoms with E-state index in [2.05, 4.69) is 41.8 Å². The molecule has 0 bridgehead atoms. The Labute approximate surface area is 148 Å². The number of H-pyrrole nitrogens is 2. The van der Waals surface area contributed by atoms with Gasteiger partial charge in [0.15, 0.2) is 0 Å². The first-order valence-corrected chi connectivity index (χ1v) is 8.47. The first kappa shape index (κ1) is 16.0.